The van der Waals surface area contributed by atoms with Crippen LogP contribution in [0.4, 0.5) is 0 Å². The Balaban J connectivity index is 2.49. The lowest BCUT2D eigenvalue weighted by atomic mass is 9.95. The molecule has 18 heavy (non-hydrogen) atoms. The van der Waals surface area contributed by atoms with Gasteiger partial charge in [0, 0.05) is 26.6 Å². The number of carbonyl (C=O) groups is 1. The van der Waals surface area contributed by atoms with Gasteiger partial charge in [0.15, 0.2) is 0 Å². The van der Waals surface area contributed by atoms with E-state index in [1.807, 2.05) is 0 Å². The SMILES string of the molecule is COCCS(=O)(=O)N1CCCC(CCC(=O)O)C1. The monoisotopic (exact) mass is 279 g/mol. The van der Waals surface area contributed by atoms with Gasteiger partial charge >= 0.3 is 5.97 Å². The molecule has 106 valence electrons. The number of sulfonamides is 1. The minimum atomic E-state index is -3.26. The number of hydrogen-bond donors (Lipinski definition) is 1. The van der Waals surface area contributed by atoms with Crippen molar-refractivity contribution >= 4 is 16.0 Å². The van der Waals surface area contributed by atoms with Crippen LogP contribution in [0.3, 0.4) is 0 Å². The topological polar surface area (TPSA) is 83.9 Å². The van der Waals surface area contributed by atoms with Gasteiger partial charge in [-0.05, 0) is 25.2 Å². The van der Waals surface area contributed by atoms with E-state index in [1.54, 1.807) is 0 Å². The molecule has 1 N–H and O–H groups in total. The molecule has 1 atom stereocenters. The van der Waals surface area contributed by atoms with Crippen LogP contribution in [0.25, 0.3) is 0 Å². The van der Waals surface area contributed by atoms with E-state index in [0.717, 1.165) is 12.8 Å². The number of hydrogen-bond acceptors (Lipinski definition) is 4. The molecule has 7 heteroatoms. The minimum Gasteiger partial charge on any atom is -0.481 e. The second-order valence-electron chi connectivity index (χ2n) is 4.61. The van der Waals surface area contributed by atoms with Crippen LogP contribution in [0.15, 0.2) is 0 Å². The second kappa shape index (κ2) is 7.06. The van der Waals surface area contributed by atoms with Gasteiger partial charge in [-0.3, -0.25) is 4.79 Å². The van der Waals surface area contributed by atoms with Crippen molar-refractivity contribution in [1.82, 2.24) is 4.31 Å². The lowest BCUT2D eigenvalue weighted by Gasteiger charge is -2.31. The molecule has 0 aromatic heterocycles. The van der Waals surface area contributed by atoms with Crippen LogP contribution in [-0.2, 0) is 19.6 Å². The van der Waals surface area contributed by atoms with E-state index in [1.165, 1.54) is 11.4 Å². The summed E-state index contributed by atoms with van der Waals surface area (Å²) in [5.74, 6) is -0.670. The van der Waals surface area contributed by atoms with Gasteiger partial charge in [-0.2, -0.15) is 0 Å². The molecule has 1 rings (SSSR count). The van der Waals surface area contributed by atoms with Crippen LogP contribution in [0.5, 0.6) is 0 Å². The third-order valence-electron chi connectivity index (χ3n) is 3.19. The van der Waals surface area contributed by atoms with E-state index in [-0.39, 0.29) is 24.7 Å². The summed E-state index contributed by atoms with van der Waals surface area (Å²) in [6.07, 6.45) is 2.36. The average Bonchev–Trinajstić information content (AvgIpc) is 2.34. The summed E-state index contributed by atoms with van der Waals surface area (Å²) in [7, 11) is -1.78. The molecule has 1 heterocycles. The number of aliphatic carboxylic acids is 1. The van der Waals surface area contributed by atoms with Crippen molar-refractivity contribution in [3.63, 3.8) is 0 Å². The zero-order chi connectivity index (χ0) is 13.6. The molecule has 0 saturated carbocycles. The number of carboxylic acids is 1. The molecule has 1 aliphatic rings. The largest absolute Gasteiger partial charge is 0.481 e. The molecular weight excluding hydrogens is 258 g/mol. The normalized spacial score (nSPS) is 21.9. The van der Waals surface area contributed by atoms with Gasteiger partial charge in [0.2, 0.25) is 10.0 Å². The Hall–Kier alpha value is -0.660. The van der Waals surface area contributed by atoms with Crippen molar-refractivity contribution in [3.8, 4) is 0 Å². The number of methoxy groups -OCH3 is 1. The molecule has 1 saturated heterocycles. The summed E-state index contributed by atoms with van der Waals surface area (Å²) >= 11 is 0. The number of nitrogens with zero attached hydrogens (tertiary/aromatic N) is 1. The Morgan fingerprint density at radius 3 is 2.83 bits per heavy atom. The van der Waals surface area contributed by atoms with Crippen molar-refractivity contribution in [2.45, 2.75) is 25.7 Å². The highest BCUT2D eigenvalue weighted by Crippen LogP contribution is 2.23. The van der Waals surface area contributed by atoms with E-state index >= 15 is 0 Å². The van der Waals surface area contributed by atoms with Crippen LogP contribution < -0.4 is 0 Å². The molecule has 1 unspecified atom stereocenters. The Labute approximate surface area is 108 Å². The summed E-state index contributed by atoms with van der Waals surface area (Å²) in [5, 5.41) is 8.64. The van der Waals surface area contributed by atoms with Crippen LogP contribution in [-0.4, -0.2) is 56.4 Å². The van der Waals surface area contributed by atoms with E-state index < -0.39 is 16.0 Å². The van der Waals surface area contributed by atoms with Gasteiger partial charge in [0.05, 0.1) is 12.4 Å². The minimum absolute atomic E-state index is 0.00481. The first-order valence-electron chi connectivity index (χ1n) is 6.14. The molecular formula is C11H21NO5S. The zero-order valence-corrected chi connectivity index (χ0v) is 11.5. The fraction of sp³-hybridized carbons (Fsp3) is 0.909. The van der Waals surface area contributed by atoms with Crippen molar-refractivity contribution in [2.75, 3.05) is 32.6 Å². The van der Waals surface area contributed by atoms with E-state index in [0.29, 0.717) is 19.5 Å². The van der Waals surface area contributed by atoms with E-state index in [9.17, 15) is 13.2 Å². The van der Waals surface area contributed by atoms with Gasteiger partial charge in [0.1, 0.15) is 0 Å². The fourth-order valence-electron chi connectivity index (χ4n) is 2.16. The maximum absolute atomic E-state index is 12.0. The third-order valence-corrected chi connectivity index (χ3v) is 4.99. The lowest BCUT2D eigenvalue weighted by molar-refractivity contribution is -0.137. The van der Waals surface area contributed by atoms with Crippen molar-refractivity contribution in [3.05, 3.63) is 0 Å². The fourth-order valence-corrected chi connectivity index (χ4v) is 3.64. The number of piperidine rings is 1. The molecule has 0 bridgehead atoms. The van der Waals surface area contributed by atoms with E-state index in [4.69, 9.17) is 9.84 Å². The summed E-state index contributed by atoms with van der Waals surface area (Å²) in [5.41, 5.74) is 0. The first-order valence-corrected chi connectivity index (χ1v) is 7.75. The molecule has 1 aliphatic heterocycles. The highest BCUT2D eigenvalue weighted by Gasteiger charge is 2.28. The Kier molecular flexibility index (Phi) is 6.04. The Morgan fingerprint density at radius 2 is 2.22 bits per heavy atom. The number of rotatable bonds is 7. The summed E-state index contributed by atoms with van der Waals surface area (Å²) in [6.45, 7) is 1.17. The smallest absolute Gasteiger partial charge is 0.303 e. The molecule has 0 amide bonds. The zero-order valence-electron chi connectivity index (χ0n) is 10.7. The Morgan fingerprint density at radius 1 is 1.50 bits per heavy atom. The summed E-state index contributed by atoms with van der Waals surface area (Å²) in [6, 6.07) is 0. The predicted octanol–water partition coefficient (Wildman–Crippen LogP) is 0.539. The van der Waals surface area contributed by atoms with E-state index in [2.05, 4.69) is 0 Å². The molecule has 0 radical (unpaired) electrons. The van der Waals surface area contributed by atoms with Crippen LogP contribution >= 0.6 is 0 Å². The van der Waals surface area contributed by atoms with Crippen LogP contribution in [0.1, 0.15) is 25.7 Å². The highest BCUT2D eigenvalue weighted by molar-refractivity contribution is 7.89. The first-order chi connectivity index (χ1) is 8.45. The van der Waals surface area contributed by atoms with Crippen molar-refractivity contribution in [1.29, 1.82) is 0 Å². The van der Waals surface area contributed by atoms with Gasteiger partial charge < -0.3 is 9.84 Å². The second-order valence-corrected chi connectivity index (χ2v) is 6.70. The van der Waals surface area contributed by atoms with Gasteiger partial charge in [-0.15, -0.1) is 0 Å². The van der Waals surface area contributed by atoms with Crippen LogP contribution in [0.2, 0.25) is 0 Å². The molecule has 1 fully saturated rings. The van der Waals surface area contributed by atoms with Crippen molar-refractivity contribution < 1.29 is 23.1 Å². The molecule has 0 spiro atoms. The van der Waals surface area contributed by atoms with Crippen LogP contribution in [0, 0.1) is 5.92 Å². The lowest BCUT2D eigenvalue weighted by Crippen LogP contribution is -2.41. The average molecular weight is 279 g/mol. The molecule has 0 aromatic rings. The first kappa shape index (κ1) is 15.4. The maximum Gasteiger partial charge on any atom is 0.303 e. The highest BCUT2D eigenvalue weighted by atomic mass is 32.2. The summed E-state index contributed by atoms with van der Waals surface area (Å²) < 4.78 is 30.2. The molecule has 0 aliphatic carbocycles. The molecule has 0 aromatic carbocycles. The quantitative estimate of drug-likeness (QED) is 0.735. The predicted molar refractivity (Wildman–Crippen MR) is 66.8 cm³/mol. The van der Waals surface area contributed by atoms with Gasteiger partial charge in [0.25, 0.3) is 0 Å². The number of carboxylic acid groups (broad SMARTS) is 1. The van der Waals surface area contributed by atoms with Crippen molar-refractivity contribution in [2.24, 2.45) is 5.92 Å². The van der Waals surface area contributed by atoms with Gasteiger partial charge in [-0.1, -0.05) is 0 Å². The maximum atomic E-state index is 12.0. The summed E-state index contributed by atoms with van der Waals surface area (Å²) in [4.78, 5) is 10.5. The standard InChI is InChI=1S/C11H21NO5S/c1-17-7-8-18(15,16)12-6-2-3-10(9-12)4-5-11(13)14/h10H,2-9H2,1H3,(H,13,14). The third kappa shape index (κ3) is 4.91. The number of ether oxygens (including phenoxy) is 1. The Bertz CT molecular complexity index is 368. The van der Waals surface area contributed by atoms with Gasteiger partial charge in [-0.25, -0.2) is 12.7 Å². The molecule has 6 nitrogen and oxygen atoms in total.